The number of nitrogens with one attached hydrogen (secondary N) is 1. The molecule has 3 rings (SSSR count). The molecule has 6 nitrogen and oxygen atoms in total. The molecule has 0 aliphatic carbocycles. The molecule has 2 heterocycles. The zero-order chi connectivity index (χ0) is 19.6. The lowest BCUT2D eigenvalue weighted by Crippen LogP contribution is -2.36. The van der Waals surface area contributed by atoms with Crippen LogP contribution in [-0.4, -0.2) is 17.0 Å². The van der Waals surface area contributed by atoms with E-state index in [-0.39, 0.29) is 11.5 Å². The zero-order valence-electron chi connectivity index (χ0n) is 15.8. The highest BCUT2D eigenvalue weighted by molar-refractivity contribution is 5.86. The van der Waals surface area contributed by atoms with Crippen LogP contribution >= 0.6 is 0 Å². The number of carbonyl (C=O) groups excluding carboxylic acids is 1. The van der Waals surface area contributed by atoms with Gasteiger partial charge >= 0.3 is 5.63 Å². The summed E-state index contributed by atoms with van der Waals surface area (Å²) in [4.78, 5) is 28.3. The molecule has 0 bridgehead atoms. The molecule has 27 heavy (non-hydrogen) atoms. The van der Waals surface area contributed by atoms with Crippen LogP contribution in [0.1, 0.15) is 29.2 Å². The van der Waals surface area contributed by atoms with Crippen molar-refractivity contribution in [3.05, 3.63) is 69.3 Å². The second-order valence-corrected chi connectivity index (χ2v) is 6.54. The van der Waals surface area contributed by atoms with Crippen molar-refractivity contribution < 1.29 is 13.9 Å². The zero-order valence-corrected chi connectivity index (χ0v) is 15.8. The van der Waals surface area contributed by atoms with E-state index in [1.54, 1.807) is 32.3 Å². The topological polar surface area (TPSA) is 81.4 Å². The van der Waals surface area contributed by atoms with Crippen molar-refractivity contribution in [2.75, 3.05) is 0 Å². The molecule has 1 unspecified atom stereocenters. The Labute approximate surface area is 157 Å². The monoisotopic (exact) mass is 366 g/mol. The molecular weight excluding hydrogens is 344 g/mol. The Morgan fingerprint density at radius 3 is 2.52 bits per heavy atom. The van der Waals surface area contributed by atoms with Crippen LogP contribution in [0.4, 0.5) is 0 Å². The smallest absolute Gasteiger partial charge is 0.339 e. The fraction of sp³-hybridized carbons (Fsp3) is 0.286. The minimum Gasteiger partial charge on any atom is -0.480 e. The summed E-state index contributed by atoms with van der Waals surface area (Å²) in [5, 5.41) is 3.70. The third-order valence-corrected chi connectivity index (χ3v) is 4.71. The number of nitrogens with zero attached hydrogens (tertiary/aromatic N) is 1. The van der Waals surface area contributed by atoms with Crippen molar-refractivity contribution in [1.82, 2.24) is 10.3 Å². The largest absolute Gasteiger partial charge is 0.480 e. The lowest BCUT2D eigenvalue weighted by Gasteiger charge is -2.17. The van der Waals surface area contributed by atoms with Crippen molar-refractivity contribution >= 4 is 16.9 Å². The SMILES string of the molecule is Cc1c(C)c2ccc(OC(C)C(=O)NCc3ccncc3)c(C)c2oc1=O. The van der Waals surface area contributed by atoms with Gasteiger partial charge in [-0.05, 0) is 63.1 Å². The van der Waals surface area contributed by atoms with Gasteiger partial charge in [-0.3, -0.25) is 9.78 Å². The molecule has 0 spiro atoms. The molecule has 0 fully saturated rings. The van der Waals surface area contributed by atoms with E-state index < -0.39 is 6.10 Å². The number of amides is 1. The van der Waals surface area contributed by atoms with Crippen LogP contribution in [0.3, 0.4) is 0 Å². The number of carbonyl (C=O) groups is 1. The molecule has 2 aromatic heterocycles. The lowest BCUT2D eigenvalue weighted by molar-refractivity contribution is -0.127. The highest BCUT2D eigenvalue weighted by Gasteiger charge is 2.18. The molecule has 1 aromatic carbocycles. The standard InChI is InChI=1S/C21H22N2O4/c1-12-13(2)21(25)27-19-14(3)18(6-5-17(12)19)26-15(4)20(24)23-11-16-7-9-22-10-8-16/h5-10,15H,11H2,1-4H3,(H,23,24). The molecule has 140 valence electrons. The van der Waals surface area contributed by atoms with E-state index in [4.69, 9.17) is 9.15 Å². The average Bonchev–Trinajstić information content (AvgIpc) is 2.67. The number of aromatic nitrogens is 1. The summed E-state index contributed by atoms with van der Waals surface area (Å²) in [5.74, 6) is 0.285. The average molecular weight is 366 g/mol. The van der Waals surface area contributed by atoms with Gasteiger partial charge in [0.2, 0.25) is 0 Å². The summed E-state index contributed by atoms with van der Waals surface area (Å²) >= 11 is 0. The Kier molecular flexibility index (Phi) is 5.26. The van der Waals surface area contributed by atoms with E-state index in [1.165, 1.54) is 0 Å². The predicted molar refractivity (Wildman–Crippen MR) is 103 cm³/mol. The van der Waals surface area contributed by atoms with E-state index in [1.807, 2.05) is 32.0 Å². The molecule has 1 atom stereocenters. The van der Waals surface area contributed by atoms with Crippen LogP contribution in [-0.2, 0) is 11.3 Å². The third kappa shape index (κ3) is 3.84. The van der Waals surface area contributed by atoms with Crippen LogP contribution in [0.5, 0.6) is 5.75 Å². The van der Waals surface area contributed by atoms with Gasteiger partial charge in [0, 0.05) is 35.5 Å². The van der Waals surface area contributed by atoms with Gasteiger partial charge in [0.1, 0.15) is 11.3 Å². The lowest BCUT2D eigenvalue weighted by atomic mass is 10.0. The molecule has 1 amide bonds. The molecule has 3 aromatic rings. The number of aryl methyl sites for hydroxylation is 2. The maximum absolute atomic E-state index is 12.3. The summed E-state index contributed by atoms with van der Waals surface area (Å²) in [6.07, 6.45) is 2.66. The van der Waals surface area contributed by atoms with Gasteiger partial charge < -0.3 is 14.5 Å². The molecule has 0 saturated carbocycles. The van der Waals surface area contributed by atoms with Crippen LogP contribution in [0.15, 0.2) is 45.9 Å². The maximum Gasteiger partial charge on any atom is 0.339 e. The number of hydrogen-bond donors (Lipinski definition) is 1. The van der Waals surface area contributed by atoms with Gasteiger partial charge in [0.05, 0.1) is 0 Å². The summed E-state index contributed by atoms with van der Waals surface area (Å²) < 4.78 is 11.3. The minimum atomic E-state index is -0.693. The summed E-state index contributed by atoms with van der Waals surface area (Å²) in [6, 6.07) is 7.33. The first kappa shape index (κ1) is 18.6. The second-order valence-electron chi connectivity index (χ2n) is 6.54. The van der Waals surface area contributed by atoms with Gasteiger partial charge in [-0.1, -0.05) is 0 Å². The van der Waals surface area contributed by atoms with Gasteiger partial charge in [0.25, 0.3) is 5.91 Å². The molecule has 0 aliphatic heterocycles. The molecular formula is C21H22N2O4. The van der Waals surface area contributed by atoms with Gasteiger partial charge in [-0.2, -0.15) is 0 Å². The van der Waals surface area contributed by atoms with Crippen LogP contribution in [0.25, 0.3) is 11.0 Å². The van der Waals surface area contributed by atoms with Crippen molar-refractivity contribution in [2.24, 2.45) is 0 Å². The molecule has 0 saturated heterocycles. The minimum absolute atomic E-state index is 0.229. The van der Waals surface area contributed by atoms with Crippen LogP contribution < -0.4 is 15.7 Å². The summed E-state index contributed by atoms with van der Waals surface area (Å²) in [5.41, 5.74) is 3.27. The Hall–Kier alpha value is -3.15. The van der Waals surface area contributed by atoms with Crippen LogP contribution in [0.2, 0.25) is 0 Å². The molecule has 6 heteroatoms. The first-order valence-electron chi connectivity index (χ1n) is 8.75. The predicted octanol–water partition coefficient (Wildman–Crippen LogP) is 3.20. The van der Waals surface area contributed by atoms with E-state index in [0.717, 1.165) is 16.5 Å². The quantitative estimate of drug-likeness (QED) is 0.701. The molecule has 1 N–H and O–H groups in total. The number of fused-ring (bicyclic) bond motifs is 1. The van der Waals surface area contributed by atoms with Crippen molar-refractivity contribution in [3.8, 4) is 5.75 Å². The van der Waals surface area contributed by atoms with E-state index >= 15 is 0 Å². The normalized spacial score (nSPS) is 12.0. The van der Waals surface area contributed by atoms with Gasteiger partial charge in [0.15, 0.2) is 6.10 Å². The Morgan fingerprint density at radius 2 is 1.81 bits per heavy atom. The fourth-order valence-electron chi connectivity index (χ4n) is 2.83. The Morgan fingerprint density at radius 1 is 1.11 bits per heavy atom. The Bertz CT molecular complexity index is 1040. The second kappa shape index (κ2) is 7.61. The number of hydrogen-bond acceptors (Lipinski definition) is 5. The van der Waals surface area contributed by atoms with E-state index in [9.17, 15) is 9.59 Å². The first-order chi connectivity index (χ1) is 12.9. The number of pyridine rings is 1. The van der Waals surface area contributed by atoms with Crippen LogP contribution in [0, 0.1) is 20.8 Å². The van der Waals surface area contributed by atoms with E-state index in [2.05, 4.69) is 10.3 Å². The number of rotatable bonds is 5. The maximum atomic E-state index is 12.3. The first-order valence-corrected chi connectivity index (χ1v) is 8.75. The number of benzene rings is 1. The number of ether oxygens (including phenoxy) is 1. The third-order valence-electron chi connectivity index (χ3n) is 4.71. The Balaban J connectivity index is 1.77. The summed E-state index contributed by atoms with van der Waals surface area (Å²) in [7, 11) is 0. The highest BCUT2D eigenvalue weighted by Crippen LogP contribution is 2.29. The van der Waals surface area contributed by atoms with E-state index in [0.29, 0.717) is 29.0 Å². The van der Waals surface area contributed by atoms with Crippen molar-refractivity contribution in [2.45, 2.75) is 40.3 Å². The molecule has 0 radical (unpaired) electrons. The molecule has 0 aliphatic rings. The van der Waals surface area contributed by atoms with Gasteiger partial charge in [-0.15, -0.1) is 0 Å². The van der Waals surface area contributed by atoms with Gasteiger partial charge in [-0.25, -0.2) is 4.79 Å². The summed E-state index contributed by atoms with van der Waals surface area (Å²) in [6.45, 7) is 7.54. The highest BCUT2D eigenvalue weighted by atomic mass is 16.5. The van der Waals surface area contributed by atoms with Crippen molar-refractivity contribution in [3.63, 3.8) is 0 Å². The fourth-order valence-corrected chi connectivity index (χ4v) is 2.83. The van der Waals surface area contributed by atoms with Crippen molar-refractivity contribution in [1.29, 1.82) is 0 Å².